The molecular formula is C21H20FN5. The van der Waals surface area contributed by atoms with Gasteiger partial charge in [-0.2, -0.15) is 0 Å². The van der Waals surface area contributed by atoms with Crippen molar-refractivity contribution >= 4 is 22.7 Å². The first kappa shape index (κ1) is 17.1. The van der Waals surface area contributed by atoms with E-state index in [-0.39, 0.29) is 0 Å². The van der Waals surface area contributed by atoms with E-state index >= 15 is 0 Å². The molecule has 2 heterocycles. The van der Waals surface area contributed by atoms with E-state index in [0.717, 1.165) is 17.0 Å². The van der Waals surface area contributed by atoms with Crippen molar-refractivity contribution in [1.29, 1.82) is 0 Å². The van der Waals surface area contributed by atoms with Crippen LogP contribution >= 0.6 is 0 Å². The molecule has 0 radical (unpaired) electrons. The topological polar surface area (TPSA) is 66.5 Å². The zero-order valence-electron chi connectivity index (χ0n) is 15.3. The van der Waals surface area contributed by atoms with Gasteiger partial charge in [-0.1, -0.05) is 30.3 Å². The molecule has 0 saturated carbocycles. The van der Waals surface area contributed by atoms with Crippen molar-refractivity contribution in [2.24, 2.45) is 0 Å². The molecule has 0 aliphatic carbocycles. The van der Waals surface area contributed by atoms with Crippen molar-refractivity contribution in [3.05, 3.63) is 76.9 Å². The van der Waals surface area contributed by atoms with Crippen molar-refractivity contribution in [3.63, 3.8) is 0 Å². The fraction of sp³-hybridized carbons (Fsp3) is 0.190. The van der Waals surface area contributed by atoms with E-state index in [1.54, 1.807) is 12.1 Å². The van der Waals surface area contributed by atoms with Crippen molar-refractivity contribution < 1.29 is 4.39 Å². The highest BCUT2D eigenvalue weighted by atomic mass is 19.1. The lowest BCUT2D eigenvalue weighted by atomic mass is 10.00. The van der Waals surface area contributed by atoms with Gasteiger partial charge in [-0.15, -0.1) is 0 Å². The largest absolute Gasteiger partial charge is 0.338 e. The highest BCUT2D eigenvalue weighted by molar-refractivity contribution is 5.85. The molecule has 2 aromatic heterocycles. The van der Waals surface area contributed by atoms with Crippen LogP contribution in [0.25, 0.3) is 11.2 Å². The van der Waals surface area contributed by atoms with Crippen LogP contribution in [0.1, 0.15) is 28.1 Å². The van der Waals surface area contributed by atoms with E-state index in [2.05, 4.69) is 57.3 Å². The van der Waals surface area contributed by atoms with E-state index in [9.17, 15) is 4.39 Å². The minimum absolute atomic E-state index is 0.472. The van der Waals surface area contributed by atoms with Gasteiger partial charge in [-0.3, -0.25) is 0 Å². The molecule has 0 fully saturated rings. The predicted octanol–water partition coefficient (Wildman–Crippen LogP) is 4.77. The molecule has 27 heavy (non-hydrogen) atoms. The van der Waals surface area contributed by atoms with E-state index in [4.69, 9.17) is 0 Å². The van der Waals surface area contributed by atoms with Crippen LogP contribution in [0, 0.1) is 13.8 Å². The van der Waals surface area contributed by atoms with Gasteiger partial charge in [-0.05, 0) is 48.2 Å². The van der Waals surface area contributed by atoms with Gasteiger partial charge >= 0.3 is 0 Å². The molecule has 0 bridgehead atoms. The normalized spacial score (nSPS) is 11.1. The average molecular weight is 361 g/mol. The summed E-state index contributed by atoms with van der Waals surface area (Å²) in [7, 11) is 0. The number of hydrogen-bond acceptors (Lipinski definition) is 4. The molecule has 0 amide bonds. The SMILES string of the molecule is Cc1cccc(C)c1Cc1nc2ncnc(Nc3ccc(CF)cc3)c2[nH]1. The summed E-state index contributed by atoms with van der Waals surface area (Å²) in [5, 5.41) is 3.25. The lowest BCUT2D eigenvalue weighted by Gasteiger charge is -2.07. The number of nitrogens with one attached hydrogen (secondary N) is 2. The zero-order chi connectivity index (χ0) is 18.8. The fourth-order valence-corrected chi connectivity index (χ4v) is 3.16. The summed E-state index contributed by atoms with van der Waals surface area (Å²) in [6.07, 6.45) is 2.20. The molecule has 4 rings (SSSR count). The summed E-state index contributed by atoms with van der Waals surface area (Å²) < 4.78 is 12.7. The monoisotopic (exact) mass is 361 g/mol. The number of aromatic nitrogens is 4. The molecular weight excluding hydrogens is 341 g/mol. The Bertz CT molecular complexity index is 1070. The number of hydrogen-bond donors (Lipinski definition) is 2. The number of H-pyrrole nitrogens is 1. The van der Waals surface area contributed by atoms with Crippen molar-refractivity contribution in [2.75, 3.05) is 5.32 Å². The number of rotatable bonds is 5. The fourth-order valence-electron chi connectivity index (χ4n) is 3.16. The van der Waals surface area contributed by atoms with Crippen LogP contribution in [0.4, 0.5) is 15.9 Å². The van der Waals surface area contributed by atoms with E-state index in [0.29, 0.717) is 23.4 Å². The molecule has 2 N–H and O–H groups in total. The molecule has 0 spiro atoms. The van der Waals surface area contributed by atoms with Crippen LogP contribution in [-0.2, 0) is 13.1 Å². The van der Waals surface area contributed by atoms with Crippen LogP contribution < -0.4 is 5.32 Å². The standard InChI is InChI=1S/C21H20FN5/c1-13-4-3-5-14(2)17(13)10-18-26-19-20(23-12-24-21(19)27-18)25-16-8-6-15(11-22)7-9-16/h3-9,12H,10-11H2,1-2H3,(H2,23,24,25,26,27). The number of fused-ring (bicyclic) bond motifs is 1. The third-order valence-electron chi connectivity index (χ3n) is 4.70. The highest BCUT2D eigenvalue weighted by Crippen LogP contribution is 2.23. The zero-order valence-corrected chi connectivity index (χ0v) is 15.3. The number of benzene rings is 2. The highest BCUT2D eigenvalue weighted by Gasteiger charge is 2.12. The molecule has 0 aliphatic heterocycles. The lowest BCUT2D eigenvalue weighted by Crippen LogP contribution is -1.97. The third-order valence-corrected chi connectivity index (χ3v) is 4.70. The Morgan fingerprint density at radius 1 is 1.00 bits per heavy atom. The number of anilines is 2. The lowest BCUT2D eigenvalue weighted by molar-refractivity contribution is 0.485. The maximum atomic E-state index is 12.7. The predicted molar refractivity (Wildman–Crippen MR) is 105 cm³/mol. The number of aromatic amines is 1. The van der Waals surface area contributed by atoms with Crippen molar-refractivity contribution in [3.8, 4) is 0 Å². The first-order valence-corrected chi connectivity index (χ1v) is 8.80. The Kier molecular flexibility index (Phi) is 4.54. The molecule has 0 saturated heterocycles. The molecule has 0 aliphatic rings. The minimum atomic E-state index is -0.472. The number of nitrogens with zero attached hydrogens (tertiary/aromatic N) is 3. The number of alkyl halides is 1. The number of imidazole rings is 1. The molecule has 5 nitrogen and oxygen atoms in total. The summed E-state index contributed by atoms with van der Waals surface area (Å²) in [5.74, 6) is 1.49. The van der Waals surface area contributed by atoms with Gasteiger partial charge in [0, 0.05) is 12.1 Å². The van der Waals surface area contributed by atoms with Gasteiger partial charge in [0.2, 0.25) is 0 Å². The van der Waals surface area contributed by atoms with Gasteiger partial charge in [-0.25, -0.2) is 19.3 Å². The molecule has 2 aromatic carbocycles. The van der Waals surface area contributed by atoms with Gasteiger partial charge in [0.05, 0.1) is 0 Å². The maximum absolute atomic E-state index is 12.7. The Labute approximate surface area is 156 Å². The van der Waals surface area contributed by atoms with Crippen LogP contribution in [-0.4, -0.2) is 19.9 Å². The van der Waals surface area contributed by atoms with Crippen LogP contribution in [0.3, 0.4) is 0 Å². The van der Waals surface area contributed by atoms with Gasteiger partial charge in [0.15, 0.2) is 11.5 Å². The second-order valence-electron chi connectivity index (χ2n) is 6.61. The molecule has 0 atom stereocenters. The van der Waals surface area contributed by atoms with E-state index in [1.807, 2.05) is 12.1 Å². The van der Waals surface area contributed by atoms with E-state index in [1.165, 1.54) is 23.0 Å². The van der Waals surface area contributed by atoms with Crippen LogP contribution in [0.2, 0.25) is 0 Å². The van der Waals surface area contributed by atoms with Crippen molar-refractivity contribution in [2.45, 2.75) is 26.9 Å². The molecule has 4 aromatic rings. The molecule has 0 unspecified atom stereocenters. The Hall–Kier alpha value is -3.28. The first-order chi connectivity index (χ1) is 13.1. The molecule has 136 valence electrons. The first-order valence-electron chi connectivity index (χ1n) is 8.80. The maximum Gasteiger partial charge on any atom is 0.183 e. The summed E-state index contributed by atoms with van der Waals surface area (Å²) >= 11 is 0. The quantitative estimate of drug-likeness (QED) is 0.537. The number of halogens is 1. The Morgan fingerprint density at radius 3 is 2.44 bits per heavy atom. The Morgan fingerprint density at radius 2 is 1.74 bits per heavy atom. The average Bonchev–Trinajstić information content (AvgIpc) is 3.09. The smallest absolute Gasteiger partial charge is 0.183 e. The second kappa shape index (κ2) is 7.15. The van der Waals surface area contributed by atoms with Crippen LogP contribution in [0.5, 0.6) is 0 Å². The summed E-state index contributed by atoms with van der Waals surface area (Å²) in [6, 6.07) is 13.4. The Balaban J connectivity index is 1.65. The van der Waals surface area contributed by atoms with Gasteiger partial charge < -0.3 is 10.3 Å². The summed E-state index contributed by atoms with van der Waals surface area (Å²) in [5.41, 5.74) is 6.60. The second-order valence-corrected chi connectivity index (χ2v) is 6.61. The number of aryl methyl sites for hydroxylation is 2. The third kappa shape index (κ3) is 3.51. The van der Waals surface area contributed by atoms with E-state index < -0.39 is 6.67 Å². The van der Waals surface area contributed by atoms with Gasteiger partial charge in [0.25, 0.3) is 0 Å². The van der Waals surface area contributed by atoms with Gasteiger partial charge in [0.1, 0.15) is 24.3 Å². The van der Waals surface area contributed by atoms with Crippen molar-refractivity contribution in [1.82, 2.24) is 19.9 Å². The summed E-state index contributed by atoms with van der Waals surface area (Å²) in [4.78, 5) is 16.6. The minimum Gasteiger partial charge on any atom is -0.338 e. The summed E-state index contributed by atoms with van der Waals surface area (Å²) in [6.45, 7) is 3.75. The molecule has 6 heteroatoms. The van der Waals surface area contributed by atoms with Crippen LogP contribution in [0.15, 0.2) is 48.8 Å².